The maximum atomic E-state index is 12.7. The van der Waals surface area contributed by atoms with Gasteiger partial charge in [0.15, 0.2) is 23.0 Å². The number of halogens is 5. The number of hydrogen-bond donors (Lipinski definition) is 0. The Morgan fingerprint density at radius 1 is 0.615 bits per heavy atom. The molecule has 0 atom stereocenters. The Morgan fingerprint density at radius 3 is 1.38 bits per heavy atom. The van der Waals surface area contributed by atoms with Crippen molar-refractivity contribution in [1.82, 2.24) is 19.6 Å². The summed E-state index contributed by atoms with van der Waals surface area (Å²) >= 11 is 3.25. The van der Waals surface area contributed by atoms with E-state index in [1.807, 2.05) is 26.8 Å². The van der Waals surface area contributed by atoms with Crippen LogP contribution in [0.2, 0.25) is 0 Å². The number of rotatable bonds is 25. The second kappa shape index (κ2) is 31.5. The largest absolute Gasteiger partial charge is 0.493 e. The molecule has 65 heavy (non-hydrogen) atoms. The van der Waals surface area contributed by atoms with Gasteiger partial charge in [-0.3, -0.25) is 14.2 Å². The summed E-state index contributed by atoms with van der Waals surface area (Å²) in [6.45, 7) is 6.11. The highest BCUT2D eigenvalue weighted by Gasteiger charge is 2.21. The van der Waals surface area contributed by atoms with E-state index in [4.69, 9.17) is 32.1 Å². The van der Waals surface area contributed by atoms with Crippen LogP contribution in [0.15, 0.2) is 94.6 Å². The van der Waals surface area contributed by atoms with E-state index in [1.54, 1.807) is 44.2 Å². The van der Waals surface area contributed by atoms with E-state index in [0.717, 1.165) is 0 Å². The first-order chi connectivity index (χ1) is 31.2. The van der Waals surface area contributed by atoms with Gasteiger partial charge >= 0.3 is 29.4 Å². The molecule has 0 spiro atoms. The monoisotopic (exact) mass is 1020 g/mol. The lowest BCUT2D eigenvalue weighted by Crippen LogP contribution is -2.21. The normalized spacial score (nSPS) is 11.5. The van der Waals surface area contributed by atoms with Crippen LogP contribution in [0.25, 0.3) is 22.5 Å². The molecule has 4 rings (SSSR count). The van der Waals surface area contributed by atoms with Gasteiger partial charge in [-0.2, -0.15) is 27.8 Å². The van der Waals surface area contributed by atoms with Crippen molar-refractivity contribution in [3.63, 3.8) is 0 Å². The Morgan fingerprint density at radius 2 is 1.03 bits per heavy atom. The summed E-state index contributed by atoms with van der Waals surface area (Å²) in [6.07, 6.45) is 6.95. The number of allylic oxidation sites excluding steroid dienone is 4. The van der Waals surface area contributed by atoms with Crippen molar-refractivity contribution in [3.8, 4) is 45.5 Å². The molecule has 360 valence electrons. The predicted octanol–water partition coefficient (Wildman–Crippen LogP) is 10.1. The first-order valence-electron chi connectivity index (χ1n) is 20.1. The smallest absolute Gasteiger partial charge is 0.387 e. The van der Waals surface area contributed by atoms with Crippen LogP contribution in [-0.2, 0) is 40.3 Å². The summed E-state index contributed by atoms with van der Waals surface area (Å²) < 4.78 is 110. The minimum absolute atomic E-state index is 0.0654. The molecule has 0 unspecified atom stereocenters. The van der Waals surface area contributed by atoms with Gasteiger partial charge in [-0.15, -0.1) is 0 Å². The van der Waals surface area contributed by atoms with E-state index in [1.165, 1.54) is 72.1 Å². The average Bonchev–Trinajstić information content (AvgIpc) is 3.27. The fourth-order valence-electron chi connectivity index (χ4n) is 5.10. The quantitative estimate of drug-likeness (QED) is 0.0266. The maximum absolute atomic E-state index is 12.7. The van der Waals surface area contributed by atoms with Gasteiger partial charge in [0.25, 0.3) is 11.1 Å². The molecular formula is C42H55BrF4N4O12P2. The van der Waals surface area contributed by atoms with Crippen LogP contribution >= 0.6 is 32.1 Å². The molecule has 0 aliphatic carbocycles. The molecule has 2 aromatic heterocycles. The molecule has 0 bridgehead atoms. The first kappa shape index (κ1) is 56.7. The zero-order valence-corrected chi connectivity index (χ0v) is 40.4. The number of ether oxygens (including phenoxy) is 4. The van der Waals surface area contributed by atoms with Crippen molar-refractivity contribution in [1.29, 1.82) is 0 Å². The fraction of sp³-hybridized carbons (Fsp3) is 0.429. The van der Waals surface area contributed by atoms with E-state index in [9.17, 15) is 31.7 Å². The lowest BCUT2D eigenvalue weighted by atomic mass is 10.1. The van der Waals surface area contributed by atoms with Gasteiger partial charge < -0.3 is 41.6 Å². The number of nitrogens with zero attached hydrogens (tertiary/aromatic N) is 4. The van der Waals surface area contributed by atoms with Crippen molar-refractivity contribution in [3.05, 3.63) is 106 Å². The summed E-state index contributed by atoms with van der Waals surface area (Å²) in [6, 6.07) is 14.7. The topological polar surface area (TPSA) is 170 Å². The van der Waals surface area contributed by atoms with Crippen LogP contribution in [0.4, 0.5) is 17.6 Å². The Bertz CT molecular complexity index is 2210. The summed E-state index contributed by atoms with van der Waals surface area (Å²) in [5.41, 5.74) is 1.23. The van der Waals surface area contributed by atoms with Crippen LogP contribution in [0.1, 0.15) is 34.6 Å². The molecule has 0 saturated carbocycles. The number of methoxy groups -OCH3 is 2. The molecular weight excluding hydrogens is 970 g/mol. The van der Waals surface area contributed by atoms with E-state index in [-0.39, 0.29) is 60.0 Å². The minimum atomic E-state index is -3.22. The fourth-order valence-corrected chi connectivity index (χ4v) is 7.69. The number of hydrogen-bond acceptors (Lipinski definition) is 14. The molecule has 0 fully saturated rings. The summed E-state index contributed by atoms with van der Waals surface area (Å²) in [7, 11) is -1.57. The molecule has 0 amide bonds. The third kappa shape index (κ3) is 20.7. The lowest BCUT2D eigenvalue weighted by molar-refractivity contribution is -0.0518. The van der Waals surface area contributed by atoms with Gasteiger partial charge in [-0.05, 0) is 83.1 Å². The molecule has 0 aliphatic heterocycles. The number of alkyl halides is 5. The molecule has 0 aliphatic rings. The summed E-state index contributed by atoms with van der Waals surface area (Å²) in [5.74, 6) is 0.0988. The predicted molar refractivity (Wildman–Crippen MR) is 244 cm³/mol. The molecule has 2 heterocycles. The van der Waals surface area contributed by atoms with Gasteiger partial charge in [0.1, 0.15) is 0 Å². The molecule has 0 radical (unpaired) electrons. The zero-order chi connectivity index (χ0) is 48.2. The number of aromatic nitrogens is 4. The van der Waals surface area contributed by atoms with E-state index >= 15 is 0 Å². The van der Waals surface area contributed by atoms with Crippen LogP contribution in [0, 0.1) is 0 Å². The van der Waals surface area contributed by atoms with Crippen LogP contribution in [0.5, 0.6) is 23.0 Å². The van der Waals surface area contributed by atoms with Gasteiger partial charge in [0.2, 0.25) is 0 Å². The summed E-state index contributed by atoms with van der Waals surface area (Å²) in [5, 5.41) is 9.18. The minimum Gasteiger partial charge on any atom is -0.493 e. The second-order valence-electron chi connectivity index (χ2n) is 12.2. The van der Waals surface area contributed by atoms with Crippen LogP contribution in [-0.4, -0.2) is 91.5 Å². The van der Waals surface area contributed by atoms with Gasteiger partial charge in [0.05, 0.1) is 77.9 Å². The molecule has 16 nitrogen and oxygen atoms in total. The van der Waals surface area contributed by atoms with Crippen LogP contribution in [0.3, 0.4) is 0 Å². The highest BCUT2D eigenvalue weighted by atomic mass is 79.9. The average molecular weight is 1030 g/mol. The molecule has 0 saturated heterocycles. The Labute approximate surface area is 385 Å². The third-order valence-electron chi connectivity index (χ3n) is 7.75. The van der Waals surface area contributed by atoms with E-state index < -0.39 is 29.4 Å². The first-order valence-corrected chi connectivity index (χ1v) is 24.0. The van der Waals surface area contributed by atoms with Crippen molar-refractivity contribution < 1.29 is 63.7 Å². The highest BCUT2D eigenvalue weighted by Crippen LogP contribution is 2.48. The van der Waals surface area contributed by atoms with Gasteiger partial charge in [-0.1, -0.05) is 40.2 Å². The second-order valence-corrected chi connectivity index (χ2v) is 16.1. The Balaban J connectivity index is 0.000000377. The molecule has 0 N–H and O–H groups in total. The third-order valence-corrected chi connectivity index (χ3v) is 11.5. The van der Waals surface area contributed by atoms with Gasteiger partial charge in [-0.25, -0.2) is 9.36 Å². The van der Waals surface area contributed by atoms with Crippen molar-refractivity contribution in [2.75, 3.05) is 58.7 Å². The van der Waals surface area contributed by atoms with Crippen molar-refractivity contribution in [2.24, 2.45) is 0 Å². The Kier molecular flexibility index (Phi) is 27.4. The van der Waals surface area contributed by atoms with E-state index in [2.05, 4.69) is 35.6 Å². The number of benzene rings is 2. The van der Waals surface area contributed by atoms with Crippen molar-refractivity contribution in [2.45, 2.75) is 60.9 Å². The highest BCUT2D eigenvalue weighted by molar-refractivity contribution is 9.09. The lowest BCUT2D eigenvalue weighted by Gasteiger charge is -2.14. The molecule has 2 aromatic carbocycles. The SMILES string of the molecule is CCOP(=O)(C/C=C/Cn1nc(-c2ccc(OC)c(OC(F)F)c2)ccc1=O)OCC.CCOP(OCC)OCC.COc1ccc(-c2ccc(=O)n(C/C=C/CBr)n2)cc1OC(F)F. The summed E-state index contributed by atoms with van der Waals surface area (Å²) in [4.78, 5) is 24.0. The van der Waals surface area contributed by atoms with Crippen molar-refractivity contribution >= 4 is 32.1 Å². The zero-order valence-electron chi connectivity index (χ0n) is 37.1. The Hall–Kier alpha value is -4.46. The molecule has 23 heteroatoms. The standard InChI is InChI=1S/C20H25F2N2O6P.C16H15BrF2N2O3.C6H15O3P/c1-4-28-31(26,29-5-2)13-7-6-12-24-19(25)11-9-16(23-24)15-8-10-17(27-3)18(14-15)30-20(21)22;1-23-13-6-4-11(10-14(13)24-16(18)19)12-5-7-15(22)21(20-12)9-3-2-8-17;1-4-7-10(8-5-2)9-6-3/h6-11,14,20H,4-5,12-13H2,1-3H3;2-7,10,16H,8-9H2,1H3;4-6H2,1-3H3/b7-6+;3-2+;. The van der Waals surface area contributed by atoms with E-state index in [0.29, 0.717) is 54.2 Å². The maximum Gasteiger partial charge on any atom is 0.387 e. The molecule has 4 aromatic rings. The van der Waals surface area contributed by atoms with Crippen LogP contribution < -0.4 is 30.1 Å². The van der Waals surface area contributed by atoms with Gasteiger partial charge in [0, 0.05) is 28.6 Å².